The standard InChI is InChI=1S/C23H26N4O2/c1-15(2)22(28)25-19-10-8-9-18(13-19)14-24-23(29)21-16(3)26-27(17(21)4)20-11-6-5-7-12-20/h5-13,15H,14H2,1-4H3,(H,24,29)(H,25,28). The number of carbonyl (C=O) groups excluding carboxylic acids is 2. The Morgan fingerprint density at radius 1 is 1.03 bits per heavy atom. The number of hydrogen-bond acceptors (Lipinski definition) is 3. The largest absolute Gasteiger partial charge is 0.348 e. The molecule has 0 radical (unpaired) electrons. The van der Waals surface area contributed by atoms with Gasteiger partial charge in [-0.25, -0.2) is 4.68 Å². The van der Waals surface area contributed by atoms with Crippen molar-refractivity contribution in [2.75, 3.05) is 5.32 Å². The monoisotopic (exact) mass is 390 g/mol. The first kappa shape index (κ1) is 20.3. The lowest BCUT2D eigenvalue weighted by atomic mass is 10.1. The van der Waals surface area contributed by atoms with Crippen LogP contribution >= 0.6 is 0 Å². The predicted molar refractivity (Wildman–Crippen MR) is 114 cm³/mol. The number of nitrogens with zero attached hydrogens (tertiary/aromatic N) is 2. The Kier molecular flexibility index (Phi) is 6.12. The quantitative estimate of drug-likeness (QED) is 0.668. The maximum atomic E-state index is 12.8. The van der Waals surface area contributed by atoms with Gasteiger partial charge in [0.2, 0.25) is 5.91 Å². The van der Waals surface area contributed by atoms with Crippen LogP contribution in [0.15, 0.2) is 54.6 Å². The molecule has 150 valence electrons. The Labute approximate surface area is 170 Å². The van der Waals surface area contributed by atoms with Crippen LogP contribution in [0.4, 0.5) is 5.69 Å². The fourth-order valence-corrected chi connectivity index (χ4v) is 3.11. The van der Waals surface area contributed by atoms with Gasteiger partial charge in [0.15, 0.2) is 0 Å². The Morgan fingerprint density at radius 2 is 1.76 bits per heavy atom. The number of carbonyl (C=O) groups is 2. The first-order chi connectivity index (χ1) is 13.9. The molecule has 3 aromatic rings. The molecule has 0 aliphatic heterocycles. The summed E-state index contributed by atoms with van der Waals surface area (Å²) in [6, 6.07) is 17.2. The number of para-hydroxylation sites is 1. The van der Waals surface area contributed by atoms with Gasteiger partial charge in [-0.1, -0.05) is 44.2 Å². The van der Waals surface area contributed by atoms with Crippen molar-refractivity contribution >= 4 is 17.5 Å². The molecule has 2 aromatic carbocycles. The minimum Gasteiger partial charge on any atom is -0.348 e. The summed E-state index contributed by atoms with van der Waals surface area (Å²) >= 11 is 0. The van der Waals surface area contributed by atoms with E-state index >= 15 is 0 Å². The van der Waals surface area contributed by atoms with Gasteiger partial charge in [0.1, 0.15) is 0 Å². The van der Waals surface area contributed by atoms with Crippen LogP contribution in [-0.4, -0.2) is 21.6 Å². The summed E-state index contributed by atoms with van der Waals surface area (Å²) < 4.78 is 1.78. The number of nitrogens with one attached hydrogen (secondary N) is 2. The topological polar surface area (TPSA) is 76.0 Å². The van der Waals surface area contributed by atoms with Gasteiger partial charge in [-0.3, -0.25) is 9.59 Å². The van der Waals surface area contributed by atoms with E-state index in [1.54, 1.807) is 4.68 Å². The van der Waals surface area contributed by atoms with Gasteiger partial charge in [-0.05, 0) is 43.7 Å². The van der Waals surface area contributed by atoms with E-state index in [9.17, 15) is 9.59 Å². The molecule has 3 rings (SSSR count). The second-order valence-corrected chi connectivity index (χ2v) is 7.32. The molecule has 0 fully saturated rings. The van der Waals surface area contributed by atoms with E-state index in [1.165, 1.54) is 0 Å². The van der Waals surface area contributed by atoms with Crippen molar-refractivity contribution in [1.29, 1.82) is 0 Å². The van der Waals surface area contributed by atoms with Gasteiger partial charge in [-0.2, -0.15) is 5.10 Å². The Hall–Kier alpha value is -3.41. The SMILES string of the molecule is Cc1nn(-c2ccccc2)c(C)c1C(=O)NCc1cccc(NC(=O)C(C)C)c1. The van der Waals surface area contributed by atoms with E-state index in [2.05, 4.69) is 15.7 Å². The van der Waals surface area contributed by atoms with Crippen LogP contribution in [0.2, 0.25) is 0 Å². The molecule has 2 amide bonds. The van der Waals surface area contributed by atoms with Crippen molar-refractivity contribution in [3.8, 4) is 5.69 Å². The molecule has 2 N–H and O–H groups in total. The van der Waals surface area contributed by atoms with E-state index < -0.39 is 0 Å². The molecule has 0 saturated heterocycles. The summed E-state index contributed by atoms with van der Waals surface area (Å²) in [6.07, 6.45) is 0. The lowest BCUT2D eigenvalue weighted by molar-refractivity contribution is -0.118. The number of hydrogen-bond donors (Lipinski definition) is 2. The fourth-order valence-electron chi connectivity index (χ4n) is 3.11. The highest BCUT2D eigenvalue weighted by Crippen LogP contribution is 2.18. The Morgan fingerprint density at radius 3 is 2.45 bits per heavy atom. The minimum absolute atomic E-state index is 0.0363. The van der Waals surface area contributed by atoms with Gasteiger partial charge >= 0.3 is 0 Å². The first-order valence-electron chi connectivity index (χ1n) is 9.66. The van der Waals surface area contributed by atoms with Crippen LogP contribution in [0.5, 0.6) is 0 Å². The second-order valence-electron chi connectivity index (χ2n) is 7.32. The molecule has 0 unspecified atom stereocenters. The lowest BCUT2D eigenvalue weighted by Crippen LogP contribution is -2.24. The van der Waals surface area contributed by atoms with Crippen molar-refractivity contribution < 1.29 is 9.59 Å². The zero-order valence-electron chi connectivity index (χ0n) is 17.2. The van der Waals surface area contributed by atoms with Gasteiger partial charge in [-0.15, -0.1) is 0 Å². The maximum absolute atomic E-state index is 12.8. The molecule has 1 heterocycles. The number of amides is 2. The Bertz CT molecular complexity index is 1020. The molecule has 29 heavy (non-hydrogen) atoms. The van der Waals surface area contributed by atoms with Crippen molar-refractivity contribution in [2.24, 2.45) is 5.92 Å². The third-order valence-electron chi connectivity index (χ3n) is 4.69. The molecular weight excluding hydrogens is 364 g/mol. The van der Waals surface area contributed by atoms with Crippen LogP contribution in [0.25, 0.3) is 5.69 Å². The summed E-state index contributed by atoms with van der Waals surface area (Å²) in [6.45, 7) is 7.78. The third kappa shape index (κ3) is 4.71. The summed E-state index contributed by atoms with van der Waals surface area (Å²) in [5.41, 5.74) is 4.61. The van der Waals surface area contributed by atoms with E-state index in [0.717, 1.165) is 22.6 Å². The highest BCUT2D eigenvalue weighted by atomic mass is 16.2. The third-order valence-corrected chi connectivity index (χ3v) is 4.69. The molecular formula is C23H26N4O2. The summed E-state index contributed by atoms with van der Waals surface area (Å²) in [5.74, 6) is -0.296. The van der Waals surface area contributed by atoms with Crippen LogP contribution in [-0.2, 0) is 11.3 Å². The zero-order valence-corrected chi connectivity index (χ0v) is 17.2. The second kappa shape index (κ2) is 8.73. The smallest absolute Gasteiger partial charge is 0.255 e. The van der Waals surface area contributed by atoms with E-state index in [0.29, 0.717) is 17.8 Å². The molecule has 1 aromatic heterocycles. The highest BCUT2D eigenvalue weighted by Gasteiger charge is 2.19. The summed E-state index contributed by atoms with van der Waals surface area (Å²) in [5, 5.41) is 10.4. The number of rotatable bonds is 6. The minimum atomic E-state index is -0.168. The van der Waals surface area contributed by atoms with Crippen LogP contribution in [0.3, 0.4) is 0 Å². The molecule has 0 saturated carbocycles. The number of aromatic nitrogens is 2. The lowest BCUT2D eigenvalue weighted by Gasteiger charge is -2.10. The average Bonchev–Trinajstić information content (AvgIpc) is 3.01. The van der Waals surface area contributed by atoms with E-state index in [-0.39, 0.29) is 17.7 Å². The van der Waals surface area contributed by atoms with E-state index in [1.807, 2.05) is 82.3 Å². The highest BCUT2D eigenvalue weighted by molar-refractivity contribution is 5.96. The summed E-state index contributed by atoms with van der Waals surface area (Å²) in [4.78, 5) is 24.7. The molecule has 6 heteroatoms. The number of aryl methyl sites for hydroxylation is 1. The zero-order chi connectivity index (χ0) is 21.0. The van der Waals surface area contributed by atoms with Gasteiger partial charge < -0.3 is 10.6 Å². The summed E-state index contributed by atoms with van der Waals surface area (Å²) in [7, 11) is 0. The van der Waals surface area contributed by atoms with Crippen LogP contribution in [0.1, 0.15) is 41.2 Å². The first-order valence-corrected chi connectivity index (χ1v) is 9.66. The van der Waals surface area contributed by atoms with Crippen molar-refractivity contribution in [2.45, 2.75) is 34.2 Å². The predicted octanol–water partition coefficient (Wildman–Crippen LogP) is 4.01. The van der Waals surface area contributed by atoms with Gasteiger partial charge in [0.05, 0.1) is 22.6 Å². The molecule has 0 atom stereocenters. The van der Waals surface area contributed by atoms with Crippen LogP contribution in [0, 0.1) is 19.8 Å². The number of anilines is 1. The van der Waals surface area contributed by atoms with Gasteiger partial charge in [0, 0.05) is 18.2 Å². The van der Waals surface area contributed by atoms with E-state index in [4.69, 9.17) is 0 Å². The van der Waals surface area contributed by atoms with Crippen molar-refractivity contribution in [1.82, 2.24) is 15.1 Å². The Balaban J connectivity index is 1.72. The molecule has 0 aliphatic carbocycles. The van der Waals surface area contributed by atoms with Crippen molar-refractivity contribution in [3.05, 3.63) is 77.1 Å². The average molecular weight is 390 g/mol. The van der Waals surface area contributed by atoms with Crippen LogP contribution < -0.4 is 10.6 Å². The molecule has 0 aliphatic rings. The van der Waals surface area contributed by atoms with Crippen molar-refractivity contribution in [3.63, 3.8) is 0 Å². The molecule has 0 spiro atoms. The van der Waals surface area contributed by atoms with Gasteiger partial charge in [0.25, 0.3) is 5.91 Å². The molecule has 0 bridgehead atoms. The fraction of sp³-hybridized carbons (Fsp3) is 0.261. The molecule has 6 nitrogen and oxygen atoms in total. The maximum Gasteiger partial charge on any atom is 0.255 e. The normalized spacial score (nSPS) is 10.8. The number of benzene rings is 2.